The van der Waals surface area contributed by atoms with Crippen molar-refractivity contribution in [2.75, 3.05) is 13.7 Å². The highest BCUT2D eigenvalue weighted by Crippen LogP contribution is 2.34. The zero-order valence-corrected chi connectivity index (χ0v) is 11.7. The van der Waals surface area contributed by atoms with E-state index in [1.165, 1.54) is 0 Å². The van der Waals surface area contributed by atoms with Gasteiger partial charge in [-0.15, -0.1) is 10.2 Å². The highest BCUT2D eigenvalue weighted by atomic mass is 79.9. The molecule has 17 heavy (non-hydrogen) atoms. The highest BCUT2D eigenvalue weighted by Gasteiger charge is 2.11. The minimum absolute atomic E-state index is 0.589. The zero-order valence-electron chi connectivity index (χ0n) is 9.31. The summed E-state index contributed by atoms with van der Waals surface area (Å²) in [6.07, 6.45) is 0.760. The quantitative estimate of drug-likeness (QED) is 0.942. The molecule has 0 aliphatic rings. The van der Waals surface area contributed by atoms with E-state index in [1.54, 1.807) is 18.4 Å². The normalized spacial score (nSPS) is 10.5. The maximum absolute atomic E-state index is 5.49. The van der Waals surface area contributed by atoms with Gasteiger partial charge in [0.25, 0.3) is 0 Å². The first kappa shape index (κ1) is 12.5. The van der Waals surface area contributed by atoms with Crippen LogP contribution in [0.3, 0.4) is 0 Å². The molecule has 0 saturated heterocycles. The van der Waals surface area contributed by atoms with E-state index in [9.17, 15) is 0 Å². The van der Waals surface area contributed by atoms with Gasteiger partial charge in [0, 0.05) is 10.9 Å². The minimum Gasteiger partial charge on any atom is -0.496 e. The second-order valence-electron chi connectivity index (χ2n) is 3.38. The van der Waals surface area contributed by atoms with E-state index in [0.717, 1.165) is 32.2 Å². The molecule has 6 heteroatoms. The fourth-order valence-electron chi connectivity index (χ4n) is 1.43. The number of benzene rings is 1. The second kappa shape index (κ2) is 5.57. The summed E-state index contributed by atoms with van der Waals surface area (Å²) in [5.41, 5.74) is 6.45. The number of halogens is 1. The largest absolute Gasteiger partial charge is 0.496 e. The first-order valence-electron chi connectivity index (χ1n) is 5.11. The fourth-order valence-corrected chi connectivity index (χ4v) is 2.65. The van der Waals surface area contributed by atoms with Crippen molar-refractivity contribution in [2.24, 2.45) is 5.73 Å². The number of methoxy groups -OCH3 is 1. The summed E-state index contributed by atoms with van der Waals surface area (Å²) < 4.78 is 6.31. The summed E-state index contributed by atoms with van der Waals surface area (Å²) >= 11 is 4.96. The molecule has 0 spiro atoms. The van der Waals surface area contributed by atoms with Gasteiger partial charge in [0.2, 0.25) is 0 Å². The molecule has 2 N–H and O–H groups in total. The number of nitrogens with two attached hydrogens (primary N) is 1. The van der Waals surface area contributed by atoms with Gasteiger partial charge in [0.1, 0.15) is 10.8 Å². The third-order valence-corrected chi connectivity index (χ3v) is 3.73. The SMILES string of the molecule is COc1cc(Br)ccc1-c1nnc(CCN)s1. The number of ether oxygens (including phenoxy) is 1. The molecule has 1 aromatic heterocycles. The summed E-state index contributed by atoms with van der Waals surface area (Å²) in [5, 5.41) is 10.1. The molecule has 0 aliphatic heterocycles. The molecule has 0 aliphatic carbocycles. The molecule has 0 bridgehead atoms. The van der Waals surface area contributed by atoms with Gasteiger partial charge in [-0.2, -0.15) is 0 Å². The van der Waals surface area contributed by atoms with Crippen LogP contribution in [-0.2, 0) is 6.42 Å². The lowest BCUT2D eigenvalue weighted by Crippen LogP contribution is -2.01. The van der Waals surface area contributed by atoms with Crippen LogP contribution in [0.5, 0.6) is 5.75 Å². The molecule has 1 heterocycles. The van der Waals surface area contributed by atoms with Crippen LogP contribution in [0.1, 0.15) is 5.01 Å². The van der Waals surface area contributed by atoms with Gasteiger partial charge in [-0.25, -0.2) is 0 Å². The Morgan fingerprint density at radius 2 is 2.24 bits per heavy atom. The monoisotopic (exact) mass is 313 g/mol. The number of hydrogen-bond donors (Lipinski definition) is 1. The van der Waals surface area contributed by atoms with Crippen molar-refractivity contribution in [3.8, 4) is 16.3 Å². The van der Waals surface area contributed by atoms with Crippen molar-refractivity contribution < 1.29 is 4.74 Å². The summed E-state index contributed by atoms with van der Waals surface area (Å²) in [6, 6.07) is 5.84. The van der Waals surface area contributed by atoms with Gasteiger partial charge in [0.05, 0.1) is 12.7 Å². The van der Waals surface area contributed by atoms with Crippen LogP contribution in [-0.4, -0.2) is 23.9 Å². The molecular weight excluding hydrogens is 302 g/mol. The molecule has 0 fully saturated rings. The Morgan fingerprint density at radius 3 is 2.94 bits per heavy atom. The lowest BCUT2D eigenvalue weighted by atomic mass is 10.2. The lowest BCUT2D eigenvalue weighted by Gasteiger charge is -2.05. The van der Waals surface area contributed by atoms with Crippen LogP contribution in [0.15, 0.2) is 22.7 Å². The van der Waals surface area contributed by atoms with Crippen LogP contribution in [0, 0.1) is 0 Å². The molecule has 0 unspecified atom stereocenters. The zero-order chi connectivity index (χ0) is 12.3. The third-order valence-electron chi connectivity index (χ3n) is 2.22. The van der Waals surface area contributed by atoms with Crippen LogP contribution < -0.4 is 10.5 Å². The molecule has 0 amide bonds. The molecule has 0 saturated carbocycles. The van der Waals surface area contributed by atoms with Crippen LogP contribution in [0.2, 0.25) is 0 Å². The standard InChI is InChI=1S/C11H12BrN3OS/c1-16-9-6-7(12)2-3-8(9)11-15-14-10(17-11)4-5-13/h2-3,6H,4-5,13H2,1H3. The van der Waals surface area contributed by atoms with E-state index in [-0.39, 0.29) is 0 Å². The molecule has 90 valence electrons. The topological polar surface area (TPSA) is 61.0 Å². The Hall–Kier alpha value is -0.980. The number of aromatic nitrogens is 2. The van der Waals surface area contributed by atoms with Crippen LogP contribution in [0.25, 0.3) is 10.6 Å². The molecule has 0 radical (unpaired) electrons. The van der Waals surface area contributed by atoms with E-state index in [2.05, 4.69) is 26.1 Å². The predicted molar refractivity (Wildman–Crippen MR) is 72.4 cm³/mol. The van der Waals surface area contributed by atoms with Crippen molar-refractivity contribution in [1.29, 1.82) is 0 Å². The average molecular weight is 314 g/mol. The Bertz CT molecular complexity index is 515. The Balaban J connectivity index is 2.37. The van der Waals surface area contributed by atoms with Crippen molar-refractivity contribution in [3.05, 3.63) is 27.7 Å². The van der Waals surface area contributed by atoms with Gasteiger partial charge in [0.15, 0.2) is 5.01 Å². The highest BCUT2D eigenvalue weighted by molar-refractivity contribution is 9.10. The maximum atomic E-state index is 5.49. The number of rotatable bonds is 4. The van der Waals surface area contributed by atoms with Crippen molar-refractivity contribution in [1.82, 2.24) is 10.2 Å². The first-order chi connectivity index (χ1) is 8.24. The van der Waals surface area contributed by atoms with E-state index in [1.807, 2.05) is 18.2 Å². The van der Waals surface area contributed by atoms with Gasteiger partial charge >= 0.3 is 0 Å². The maximum Gasteiger partial charge on any atom is 0.151 e. The smallest absolute Gasteiger partial charge is 0.151 e. The van der Waals surface area contributed by atoms with Gasteiger partial charge < -0.3 is 10.5 Å². The number of hydrogen-bond acceptors (Lipinski definition) is 5. The molecule has 2 aromatic rings. The molecule has 1 aromatic carbocycles. The van der Waals surface area contributed by atoms with Gasteiger partial charge in [-0.3, -0.25) is 0 Å². The van der Waals surface area contributed by atoms with E-state index < -0.39 is 0 Å². The summed E-state index contributed by atoms with van der Waals surface area (Å²) in [5.74, 6) is 0.787. The molecule has 4 nitrogen and oxygen atoms in total. The number of nitrogens with zero attached hydrogens (tertiary/aromatic N) is 2. The Labute approximate surface area is 112 Å². The lowest BCUT2D eigenvalue weighted by molar-refractivity contribution is 0.416. The minimum atomic E-state index is 0.589. The average Bonchev–Trinajstić information content (AvgIpc) is 2.78. The van der Waals surface area contributed by atoms with E-state index >= 15 is 0 Å². The van der Waals surface area contributed by atoms with Gasteiger partial charge in [-0.05, 0) is 24.7 Å². The second-order valence-corrected chi connectivity index (χ2v) is 5.36. The molecule has 2 rings (SSSR count). The third kappa shape index (κ3) is 2.83. The van der Waals surface area contributed by atoms with E-state index in [0.29, 0.717) is 6.54 Å². The Kier molecular flexibility index (Phi) is 4.09. The van der Waals surface area contributed by atoms with Crippen molar-refractivity contribution >= 4 is 27.3 Å². The van der Waals surface area contributed by atoms with Crippen molar-refractivity contribution in [2.45, 2.75) is 6.42 Å². The van der Waals surface area contributed by atoms with E-state index in [4.69, 9.17) is 10.5 Å². The summed E-state index contributed by atoms with van der Waals surface area (Å²) in [6.45, 7) is 0.589. The van der Waals surface area contributed by atoms with Gasteiger partial charge in [-0.1, -0.05) is 27.3 Å². The van der Waals surface area contributed by atoms with Crippen LogP contribution in [0.4, 0.5) is 0 Å². The molecular formula is C11H12BrN3OS. The fraction of sp³-hybridized carbons (Fsp3) is 0.273. The first-order valence-corrected chi connectivity index (χ1v) is 6.72. The predicted octanol–water partition coefficient (Wildman–Crippen LogP) is 2.48. The molecule has 0 atom stereocenters. The summed E-state index contributed by atoms with van der Waals surface area (Å²) in [7, 11) is 1.65. The van der Waals surface area contributed by atoms with Crippen molar-refractivity contribution in [3.63, 3.8) is 0 Å². The Morgan fingerprint density at radius 1 is 1.41 bits per heavy atom. The summed E-state index contributed by atoms with van der Waals surface area (Å²) in [4.78, 5) is 0. The van der Waals surface area contributed by atoms with Crippen LogP contribution >= 0.6 is 27.3 Å².